The molecule has 2 N–H and O–H groups in total. The molecular weight excluding hydrogens is 574 g/mol. The largest absolute Gasteiger partial charge is 0.461 e. The molecule has 0 aromatic heterocycles. The molecular formula is C35H33N3O7. The van der Waals surface area contributed by atoms with Gasteiger partial charge in [-0.1, -0.05) is 91.0 Å². The Kier molecular flexibility index (Phi) is 9.64. The smallest absolute Gasteiger partial charge is 0.315 e. The van der Waals surface area contributed by atoms with Crippen LogP contribution in [0.2, 0.25) is 0 Å². The summed E-state index contributed by atoms with van der Waals surface area (Å²) in [6.07, 6.45) is -0.146. The van der Waals surface area contributed by atoms with Crippen LogP contribution in [0.1, 0.15) is 36.0 Å². The number of hydrogen-bond acceptors (Lipinski definition) is 9. The second-order valence-electron chi connectivity index (χ2n) is 11.1. The van der Waals surface area contributed by atoms with E-state index < -0.39 is 40.2 Å². The van der Waals surface area contributed by atoms with Gasteiger partial charge in [0.2, 0.25) is 0 Å². The monoisotopic (exact) mass is 607 g/mol. The van der Waals surface area contributed by atoms with Crippen molar-refractivity contribution in [2.45, 2.75) is 38.1 Å². The molecule has 0 aliphatic heterocycles. The number of nitro benzene ring substituents is 1. The third-order valence-corrected chi connectivity index (χ3v) is 7.83. The van der Waals surface area contributed by atoms with E-state index in [1.54, 1.807) is 12.1 Å². The first kappa shape index (κ1) is 31.1. The summed E-state index contributed by atoms with van der Waals surface area (Å²) in [6.45, 7) is 1.43. The molecule has 0 heterocycles. The predicted molar refractivity (Wildman–Crippen MR) is 168 cm³/mol. The molecule has 1 aliphatic rings. The van der Waals surface area contributed by atoms with E-state index in [0.29, 0.717) is 11.3 Å². The van der Waals surface area contributed by atoms with Crippen molar-refractivity contribution in [2.75, 3.05) is 5.43 Å². The van der Waals surface area contributed by atoms with Crippen LogP contribution < -0.4 is 5.43 Å². The van der Waals surface area contributed by atoms with Crippen LogP contribution in [-0.2, 0) is 32.3 Å². The summed E-state index contributed by atoms with van der Waals surface area (Å²) in [5.74, 6) is -4.79. The van der Waals surface area contributed by atoms with Gasteiger partial charge in [0, 0.05) is 24.5 Å². The second kappa shape index (κ2) is 14.0. The fourth-order valence-corrected chi connectivity index (χ4v) is 5.65. The summed E-state index contributed by atoms with van der Waals surface area (Å²) in [5, 5.41) is 27.9. The Balaban J connectivity index is 1.57. The fourth-order valence-electron chi connectivity index (χ4n) is 5.65. The second-order valence-corrected chi connectivity index (χ2v) is 11.1. The van der Waals surface area contributed by atoms with E-state index in [0.717, 1.165) is 11.1 Å². The highest BCUT2D eigenvalue weighted by Crippen LogP contribution is 2.47. The van der Waals surface area contributed by atoms with Gasteiger partial charge in [-0.2, -0.15) is 5.10 Å². The molecule has 0 bridgehead atoms. The third kappa shape index (κ3) is 7.60. The van der Waals surface area contributed by atoms with Crippen molar-refractivity contribution in [1.82, 2.24) is 0 Å². The van der Waals surface area contributed by atoms with Crippen LogP contribution in [0.15, 0.2) is 120 Å². The molecule has 230 valence electrons. The molecule has 0 radical (unpaired) electrons. The Morgan fingerprint density at radius 1 is 0.844 bits per heavy atom. The quantitative estimate of drug-likeness (QED) is 0.127. The van der Waals surface area contributed by atoms with Crippen molar-refractivity contribution < 1.29 is 29.1 Å². The van der Waals surface area contributed by atoms with Gasteiger partial charge >= 0.3 is 11.9 Å². The Labute approximate surface area is 260 Å². The molecule has 4 aromatic rings. The van der Waals surface area contributed by atoms with Gasteiger partial charge in [-0.05, 0) is 35.7 Å². The normalized spacial score (nSPS) is 21.9. The van der Waals surface area contributed by atoms with Gasteiger partial charge in [-0.15, -0.1) is 0 Å². The maximum atomic E-state index is 14.0. The van der Waals surface area contributed by atoms with Gasteiger partial charge in [0.15, 0.2) is 0 Å². The number of esters is 2. The van der Waals surface area contributed by atoms with Crippen LogP contribution >= 0.6 is 0 Å². The molecule has 0 amide bonds. The maximum Gasteiger partial charge on any atom is 0.315 e. The average Bonchev–Trinajstić information content (AvgIpc) is 3.06. The van der Waals surface area contributed by atoms with Crippen LogP contribution in [0.5, 0.6) is 0 Å². The number of nitro groups is 1. The SMILES string of the molecule is C[C@@]1(O)C/C(=N/Nc2ccccc2)[C@@H](C(=O)OCc2ccccc2)[C@H](c2ccc([N+](=O)[O-])cc2)[C@@H]1C(=O)OCc1ccccc1. The van der Waals surface area contributed by atoms with Crippen LogP contribution in [-0.4, -0.2) is 33.3 Å². The minimum absolute atomic E-state index is 0.0257. The highest BCUT2D eigenvalue weighted by molar-refractivity contribution is 6.06. The van der Waals surface area contributed by atoms with E-state index in [2.05, 4.69) is 10.5 Å². The van der Waals surface area contributed by atoms with E-state index in [-0.39, 0.29) is 31.0 Å². The zero-order valence-corrected chi connectivity index (χ0v) is 24.6. The van der Waals surface area contributed by atoms with Gasteiger partial charge in [0.05, 0.1) is 27.8 Å². The van der Waals surface area contributed by atoms with E-state index in [1.165, 1.54) is 31.2 Å². The molecule has 10 heteroatoms. The van der Waals surface area contributed by atoms with E-state index in [1.807, 2.05) is 78.9 Å². The number of carbonyl (C=O) groups is 2. The Morgan fingerprint density at radius 3 is 1.89 bits per heavy atom. The van der Waals surface area contributed by atoms with E-state index in [4.69, 9.17) is 9.47 Å². The van der Waals surface area contributed by atoms with Crippen molar-refractivity contribution in [2.24, 2.45) is 16.9 Å². The molecule has 1 saturated carbocycles. The number of benzene rings is 4. The summed E-state index contributed by atoms with van der Waals surface area (Å²) < 4.78 is 11.5. The maximum absolute atomic E-state index is 14.0. The number of nitrogens with zero attached hydrogens (tertiary/aromatic N) is 2. The molecule has 1 fully saturated rings. The van der Waals surface area contributed by atoms with Gasteiger partial charge in [-0.3, -0.25) is 25.1 Å². The Morgan fingerprint density at radius 2 is 1.36 bits per heavy atom. The first-order chi connectivity index (χ1) is 21.7. The van der Waals surface area contributed by atoms with Crippen molar-refractivity contribution in [3.05, 3.63) is 142 Å². The van der Waals surface area contributed by atoms with E-state index in [9.17, 15) is 24.8 Å². The van der Waals surface area contributed by atoms with Crippen LogP contribution in [0.3, 0.4) is 0 Å². The van der Waals surface area contributed by atoms with Crippen molar-refractivity contribution >= 4 is 29.0 Å². The van der Waals surface area contributed by atoms with Gasteiger partial charge in [0.25, 0.3) is 5.69 Å². The summed E-state index contributed by atoms with van der Waals surface area (Å²) in [5.41, 5.74) is 3.93. The standard InChI is InChI=1S/C35H33N3O7/c1-35(41)21-29(37-36-27-15-9-4-10-16-27)31(33(39)44-22-24-11-5-2-6-12-24)30(26-17-19-28(20-18-26)38(42)43)32(35)34(40)45-23-25-13-7-3-8-14-25/h2-20,30-32,36,41H,21-23H2,1H3/b37-29-/t30-,31+,32+,35+/m0/s1. The van der Waals surface area contributed by atoms with Crippen LogP contribution in [0.25, 0.3) is 0 Å². The topological polar surface area (TPSA) is 140 Å². The highest BCUT2D eigenvalue weighted by atomic mass is 16.6. The first-order valence-corrected chi connectivity index (χ1v) is 14.5. The molecule has 4 aromatic carbocycles. The summed E-state index contributed by atoms with van der Waals surface area (Å²) in [7, 11) is 0. The predicted octanol–water partition coefficient (Wildman–Crippen LogP) is 6.02. The lowest BCUT2D eigenvalue weighted by Gasteiger charge is -2.45. The molecule has 0 unspecified atom stereocenters. The lowest BCUT2D eigenvalue weighted by molar-refractivity contribution is -0.384. The van der Waals surface area contributed by atoms with Crippen LogP contribution in [0, 0.1) is 22.0 Å². The number of ether oxygens (including phenoxy) is 2. The molecule has 5 rings (SSSR count). The van der Waals surface area contributed by atoms with Crippen molar-refractivity contribution in [3.8, 4) is 0 Å². The lowest BCUT2D eigenvalue weighted by atomic mass is 9.61. The number of anilines is 1. The molecule has 0 saturated heterocycles. The molecule has 45 heavy (non-hydrogen) atoms. The fraction of sp³-hybridized carbons (Fsp3) is 0.229. The number of para-hydroxylation sites is 1. The molecule has 1 aliphatic carbocycles. The minimum Gasteiger partial charge on any atom is -0.461 e. The van der Waals surface area contributed by atoms with Crippen molar-refractivity contribution in [3.63, 3.8) is 0 Å². The summed E-state index contributed by atoms with van der Waals surface area (Å²) in [6, 6.07) is 32.9. The highest BCUT2D eigenvalue weighted by Gasteiger charge is 2.56. The number of non-ortho nitro benzene ring substituents is 1. The Bertz CT molecular complexity index is 1640. The van der Waals surface area contributed by atoms with Gasteiger partial charge in [-0.25, -0.2) is 0 Å². The number of hydrazone groups is 1. The molecule has 0 spiro atoms. The summed E-state index contributed by atoms with van der Waals surface area (Å²) in [4.78, 5) is 38.8. The molecule has 10 nitrogen and oxygen atoms in total. The zero-order valence-electron chi connectivity index (χ0n) is 24.6. The number of hydrogen-bond donors (Lipinski definition) is 2. The zero-order chi connectivity index (χ0) is 31.8. The molecule has 4 atom stereocenters. The number of nitrogens with one attached hydrogen (secondary N) is 1. The average molecular weight is 608 g/mol. The number of aliphatic hydroxyl groups is 1. The third-order valence-electron chi connectivity index (χ3n) is 7.83. The summed E-state index contributed by atoms with van der Waals surface area (Å²) >= 11 is 0. The van der Waals surface area contributed by atoms with Crippen LogP contribution in [0.4, 0.5) is 11.4 Å². The minimum atomic E-state index is -1.71. The van der Waals surface area contributed by atoms with Gasteiger partial charge in [0.1, 0.15) is 19.1 Å². The van der Waals surface area contributed by atoms with Gasteiger partial charge < -0.3 is 14.6 Å². The number of rotatable bonds is 10. The first-order valence-electron chi connectivity index (χ1n) is 14.5. The lowest BCUT2D eigenvalue weighted by Crippen LogP contribution is -2.55. The Hall–Kier alpha value is -5.35. The van der Waals surface area contributed by atoms with Crippen molar-refractivity contribution in [1.29, 1.82) is 0 Å². The number of carbonyl (C=O) groups excluding carboxylic acids is 2. The van der Waals surface area contributed by atoms with E-state index >= 15 is 0 Å².